The highest BCUT2D eigenvalue weighted by Gasteiger charge is 2.18. The highest BCUT2D eigenvalue weighted by molar-refractivity contribution is 7.15. The molecule has 0 unspecified atom stereocenters. The van der Waals surface area contributed by atoms with Crippen LogP contribution in [0, 0.1) is 0 Å². The number of nitrogens with two attached hydrogens (primary N) is 1. The Bertz CT molecular complexity index is 613. The number of methoxy groups -OCH3 is 1. The molecule has 0 aliphatic heterocycles. The molecule has 5 nitrogen and oxygen atoms in total. The molecule has 2 aromatic rings. The molecule has 3 N–H and O–H groups in total. The maximum Gasteiger partial charge on any atom is 0.203 e. The zero-order valence-corrected chi connectivity index (χ0v) is 12.9. The molecule has 1 heterocycles. The maximum atomic E-state index is 5.59. The Labute approximate surface area is 128 Å². The van der Waals surface area contributed by atoms with Crippen molar-refractivity contribution < 1.29 is 4.74 Å². The van der Waals surface area contributed by atoms with Crippen LogP contribution < -0.4 is 15.8 Å². The fourth-order valence-corrected chi connectivity index (χ4v) is 3.39. The molecule has 6 heteroatoms. The first-order valence-corrected chi connectivity index (χ1v) is 8.03. The number of nitrogen functional groups attached to an aromatic ring is 1. The van der Waals surface area contributed by atoms with E-state index in [4.69, 9.17) is 10.5 Å². The molecular formula is C15H20N4OS. The van der Waals surface area contributed by atoms with Crippen LogP contribution in [0.15, 0.2) is 18.2 Å². The topological polar surface area (TPSA) is 73.1 Å². The van der Waals surface area contributed by atoms with Crippen molar-refractivity contribution >= 4 is 16.5 Å². The van der Waals surface area contributed by atoms with E-state index in [1.165, 1.54) is 28.9 Å². The average Bonchev–Trinajstić information content (AvgIpc) is 2.92. The summed E-state index contributed by atoms with van der Waals surface area (Å²) < 4.78 is 5.31. The van der Waals surface area contributed by atoms with Crippen LogP contribution in [0.1, 0.15) is 22.6 Å². The third kappa shape index (κ3) is 3.51. The minimum Gasteiger partial charge on any atom is -0.497 e. The minimum absolute atomic E-state index is 0.523. The monoisotopic (exact) mass is 304 g/mol. The quantitative estimate of drug-likeness (QED) is 0.881. The molecule has 0 bridgehead atoms. The summed E-state index contributed by atoms with van der Waals surface area (Å²) in [5.41, 5.74) is 8.44. The van der Waals surface area contributed by atoms with Crippen LogP contribution in [0.3, 0.4) is 0 Å². The third-order valence-corrected chi connectivity index (χ3v) is 4.71. The van der Waals surface area contributed by atoms with Gasteiger partial charge in [-0.25, -0.2) is 0 Å². The van der Waals surface area contributed by atoms with Gasteiger partial charge in [0, 0.05) is 19.0 Å². The van der Waals surface area contributed by atoms with Gasteiger partial charge in [-0.15, -0.1) is 10.2 Å². The SMILES string of the molecule is COc1ccc2c(c1)C[C@H](NCCc1nnc(N)s1)CC2. The van der Waals surface area contributed by atoms with E-state index in [1.807, 2.05) is 6.07 Å². The summed E-state index contributed by atoms with van der Waals surface area (Å²) in [5.74, 6) is 0.943. The molecule has 112 valence electrons. The van der Waals surface area contributed by atoms with E-state index in [0.29, 0.717) is 11.2 Å². The van der Waals surface area contributed by atoms with Crippen LogP contribution in [0.25, 0.3) is 0 Å². The zero-order valence-electron chi connectivity index (χ0n) is 12.1. The van der Waals surface area contributed by atoms with E-state index >= 15 is 0 Å². The average molecular weight is 304 g/mol. The number of anilines is 1. The summed E-state index contributed by atoms with van der Waals surface area (Å²) in [4.78, 5) is 0. The van der Waals surface area contributed by atoms with Gasteiger partial charge >= 0.3 is 0 Å². The fourth-order valence-electron chi connectivity index (χ4n) is 2.79. The largest absolute Gasteiger partial charge is 0.497 e. The Kier molecular flexibility index (Phi) is 4.36. The standard InChI is InChI=1S/C15H20N4OS/c1-20-13-5-3-10-2-4-12(8-11(10)9-13)17-7-6-14-18-19-15(16)21-14/h3,5,9,12,17H,2,4,6-8H2,1H3,(H2,16,19)/t12-/m1/s1. The summed E-state index contributed by atoms with van der Waals surface area (Å²) in [6.07, 6.45) is 4.25. The van der Waals surface area contributed by atoms with E-state index in [1.54, 1.807) is 7.11 Å². The second-order valence-corrected chi connectivity index (χ2v) is 6.41. The molecule has 1 aliphatic rings. The summed E-state index contributed by atoms with van der Waals surface area (Å²) in [5, 5.41) is 13.0. The number of ether oxygens (including phenoxy) is 1. The highest BCUT2D eigenvalue weighted by Crippen LogP contribution is 2.25. The molecule has 0 amide bonds. The molecule has 21 heavy (non-hydrogen) atoms. The first kappa shape index (κ1) is 14.3. The molecule has 0 radical (unpaired) electrons. The predicted octanol–water partition coefficient (Wildman–Crippen LogP) is 1.82. The Balaban J connectivity index is 1.53. The molecule has 0 spiro atoms. The first-order valence-electron chi connectivity index (χ1n) is 7.21. The van der Waals surface area contributed by atoms with Crippen molar-refractivity contribution in [2.45, 2.75) is 31.7 Å². The van der Waals surface area contributed by atoms with Gasteiger partial charge in [-0.1, -0.05) is 17.4 Å². The maximum absolute atomic E-state index is 5.59. The Morgan fingerprint density at radius 3 is 3.05 bits per heavy atom. The molecule has 1 aliphatic carbocycles. The second kappa shape index (κ2) is 6.41. The van der Waals surface area contributed by atoms with E-state index in [2.05, 4.69) is 27.6 Å². The Morgan fingerprint density at radius 2 is 2.29 bits per heavy atom. The van der Waals surface area contributed by atoms with Crippen molar-refractivity contribution in [3.63, 3.8) is 0 Å². The van der Waals surface area contributed by atoms with Gasteiger partial charge in [-0.3, -0.25) is 0 Å². The van der Waals surface area contributed by atoms with Gasteiger partial charge in [0.25, 0.3) is 0 Å². The van der Waals surface area contributed by atoms with Crippen molar-refractivity contribution in [1.82, 2.24) is 15.5 Å². The van der Waals surface area contributed by atoms with Gasteiger partial charge in [-0.2, -0.15) is 0 Å². The normalized spacial score (nSPS) is 17.5. The molecule has 0 saturated carbocycles. The third-order valence-electron chi connectivity index (χ3n) is 3.90. The van der Waals surface area contributed by atoms with Crippen LogP contribution >= 0.6 is 11.3 Å². The van der Waals surface area contributed by atoms with Crippen LogP contribution in [0.5, 0.6) is 5.75 Å². The number of hydrogen-bond donors (Lipinski definition) is 2. The van der Waals surface area contributed by atoms with Crippen LogP contribution in [-0.4, -0.2) is 29.9 Å². The molecule has 1 aromatic heterocycles. The van der Waals surface area contributed by atoms with Gasteiger partial charge < -0.3 is 15.8 Å². The van der Waals surface area contributed by atoms with Gasteiger partial charge in [-0.05, 0) is 42.5 Å². The number of fused-ring (bicyclic) bond motifs is 1. The van der Waals surface area contributed by atoms with Crippen molar-refractivity contribution in [1.29, 1.82) is 0 Å². The predicted molar refractivity (Wildman–Crippen MR) is 84.8 cm³/mol. The number of rotatable bonds is 5. The van der Waals surface area contributed by atoms with E-state index in [-0.39, 0.29) is 0 Å². The van der Waals surface area contributed by atoms with Gasteiger partial charge in [0.1, 0.15) is 10.8 Å². The summed E-state index contributed by atoms with van der Waals surface area (Å²) in [6.45, 7) is 0.915. The lowest BCUT2D eigenvalue weighted by molar-refractivity contribution is 0.411. The van der Waals surface area contributed by atoms with Crippen molar-refractivity contribution in [3.8, 4) is 5.75 Å². The molecule has 1 atom stereocenters. The van der Waals surface area contributed by atoms with E-state index in [0.717, 1.165) is 36.6 Å². The zero-order chi connectivity index (χ0) is 14.7. The number of benzene rings is 1. The summed E-state index contributed by atoms with van der Waals surface area (Å²) >= 11 is 1.47. The lowest BCUT2D eigenvalue weighted by Crippen LogP contribution is -2.35. The number of nitrogens with zero attached hydrogens (tertiary/aromatic N) is 2. The summed E-state index contributed by atoms with van der Waals surface area (Å²) in [7, 11) is 1.72. The molecule has 1 aromatic carbocycles. The van der Waals surface area contributed by atoms with Crippen molar-refractivity contribution in [2.75, 3.05) is 19.4 Å². The van der Waals surface area contributed by atoms with Gasteiger partial charge in [0.05, 0.1) is 7.11 Å². The molecular weight excluding hydrogens is 284 g/mol. The van der Waals surface area contributed by atoms with Gasteiger partial charge in [0.2, 0.25) is 5.13 Å². The number of hydrogen-bond acceptors (Lipinski definition) is 6. The number of nitrogens with one attached hydrogen (secondary N) is 1. The second-order valence-electron chi connectivity index (χ2n) is 5.31. The highest BCUT2D eigenvalue weighted by atomic mass is 32.1. The lowest BCUT2D eigenvalue weighted by Gasteiger charge is -2.26. The minimum atomic E-state index is 0.523. The molecule has 0 saturated heterocycles. The molecule has 3 rings (SSSR count). The Hall–Kier alpha value is -1.66. The number of aromatic nitrogens is 2. The van der Waals surface area contributed by atoms with Gasteiger partial charge in [0.15, 0.2) is 0 Å². The van der Waals surface area contributed by atoms with E-state index in [9.17, 15) is 0 Å². The van der Waals surface area contributed by atoms with Crippen molar-refractivity contribution in [2.24, 2.45) is 0 Å². The van der Waals surface area contributed by atoms with E-state index < -0.39 is 0 Å². The fraction of sp³-hybridized carbons (Fsp3) is 0.467. The van der Waals surface area contributed by atoms with Crippen LogP contribution in [0.2, 0.25) is 0 Å². The summed E-state index contributed by atoms with van der Waals surface area (Å²) in [6, 6.07) is 6.92. The van der Waals surface area contributed by atoms with Crippen LogP contribution in [-0.2, 0) is 19.3 Å². The van der Waals surface area contributed by atoms with Crippen molar-refractivity contribution in [3.05, 3.63) is 34.3 Å². The lowest BCUT2D eigenvalue weighted by atomic mass is 9.88. The molecule has 0 fully saturated rings. The Morgan fingerprint density at radius 1 is 1.38 bits per heavy atom. The smallest absolute Gasteiger partial charge is 0.203 e. The number of aryl methyl sites for hydroxylation is 1. The van der Waals surface area contributed by atoms with Crippen LogP contribution in [0.4, 0.5) is 5.13 Å². The first-order chi connectivity index (χ1) is 10.2.